The van der Waals surface area contributed by atoms with Crippen LogP contribution in [-0.4, -0.2) is 52.4 Å². The van der Waals surface area contributed by atoms with Crippen LogP contribution in [0.3, 0.4) is 0 Å². The van der Waals surface area contributed by atoms with Crippen LogP contribution in [0.2, 0.25) is 0 Å². The molecular formula is C8H16N2O3. The first-order chi connectivity index (χ1) is 6.06. The summed E-state index contributed by atoms with van der Waals surface area (Å²) in [5.41, 5.74) is 5.53. The van der Waals surface area contributed by atoms with E-state index in [9.17, 15) is 15.0 Å². The van der Waals surface area contributed by atoms with Gasteiger partial charge in [-0.1, -0.05) is 6.92 Å². The molecule has 1 aliphatic rings. The van der Waals surface area contributed by atoms with Crippen LogP contribution < -0.4 is 5.73 Å². The first-order valence-corrected chi connectivity index (χ1v) is 4.46. The Morgan fingerprint density at radius 2 is 2.00 bits per heavy atom. The minimum absolute atomic E-state index is 0.188. The molecule has 3 atom stereocenters. The highest BCUT2D eigenvalue weighted by molar-refractivity contribution is 5.81. The molecule has 1 amide bonds. The molecule has 1 heterocycles. The van der Waals surface area contributed by atoms with Crippen LogP contribution in [-0.2, 0) is 4.79 Å². The second-order valence-corrected chi connectivity index (χ2v) is 3.39. The Balaban J connectivity index is 2.50. The largest absolute Gasteiger partial charge is 0.388 e. The average molecular weight is 188 g/mol. The summed E-state index contributed by atoms with van der Waals surface area (Å²) < 4.78 is 0. The summed E-state index contributed by atoms with van der Waals surface area (Å²) in [7, 11) is 0. The zero-order chi connectivity index (χ0) is 10.0. The summed E-state index contributed by atoms with van der Waals surface area (Å²) in [5.74, 6) is -0.196. The molecule has 5 nitrogen and oxygen atoms in total. The molecule has 0 radical (unpaired) electrons. The molecule has 5 heteroatoms. The van der Waals surface area contributed by atoms with E-state index in [1.165, 1.54) is 4.90 Å². The molecule has 0 spiro atoms. The maximum atomic E-state index is 11.4. The standard InChI is InChI=1S/C8H16N2O3/c1-2-5(9)8(13)10-3-6(11)7(12)4-10/h5-7,11-12H,2-4,9H2,1H3/t5-,6?,7?/m1/s1. The van der Waals surface area contributed by atoms with Crippen molar-refractivity contribution < 1.29 is 15.0 Å². The molecule has 13 heavy (non-hydrogen) atoms. The number of amides is 1. The third-order valence-corrected chi connectivity index (χ3v) is 2.33. The molecule has 0 saturated carbocycles. The maximum Gasteiger partial charge on any atom is 0.239 e. The van der Waals surface area contributed by atoms with Crippen molar-refractivity contribution in [1.82, 2.24) is 4.90 Å². The van der Waals surface area contributed by atoms with Crippen molar-refractivity contribution in [3.8, 4) is 0 Å². The van der Waals surface area contributed by atoms with Crippen molar-refractivity contribution >= 4 is 5.91 Å². The molecule has 1 aliphatic heterocycles. The fourth-order valence-electron chi connectivity index (χ4n) is 1.36. The van der Waals surface area contributed by atoms with Gasteiger partial charge in [-0.25, -0.2) is 0 Å². The van der Waals surface area contributed by atoms with Crippen molar-refractivity contribution in [2.24, 2.45) is 5.73 Å². The van der Waals surface area contributed by atoms with Crippen molar-refractivity contribution in [1.29, 1.82) is 0 Å². The van der Waals surface area contributed by atoms with Crippen LogP contribution in [0.4, 0.5) is 0 Å². The first kappa shape index (κ1) is 10.4. The van der Waals surface area contributed by atoms with Gasteiger partial charge in [0.15, 0.2) is 0 Å². The quantitative estimate of drug-likeness (QED) is 0.481. The van der Waals surface area contributed by atoms with Crippen LogP contribution in [0.5, 0.6) is 0 Å². The van der Waals surface area contributed by atoms with E-state index >= 15 is 0 Å². The third-order valence-electron chi connectivity index (χ3n) is 2.33. The lowest BCUT2D eigenvalue weighted by molar-refractivity contribution is -0.132. The molecule has 4 N–H and O–H groups in total. The number of rotatable bonds is 2. The van der Waals surface area contributed by atoms with E-state index in [0.717, 1.165) is 0 Å². The van der Waals surface area contributed by atoms with Gasteiger partial charge in [-0.05, 0) is 6.42 Å². The minimum Gasteiger partial charge on any atom is -0.388 e. The Kier molecular flexibility index (Phi) is 3.24. The highest BCUT2D eigenvalue weighted by Gasteiger charge is 2.33. The summed E-state index contributed by atoms with van der Waals surface area (Å²) >= 11 is 0. The Hall–Kier alpha value is -0.650. The number of aliphatic hydroxyl groups excluding tert-OH is 2. The number of carbonyl (C=O) groups is 1. The van der Waals surface area contributed by atoms with Gasteiger partial charge in [0.1, 0.15) is 0 Å². The van der Waals surface area contributed by atoms with Crippen molar-refractivity contribution in [3.05, 3.63) is 0 Å². The van der Waals surface area contributed by atoms with Crippen LogP contribution in [0.15, 0.2) is 0 Å². The van der Waals surface area contributed by atoms with Gasteiger partial charge in [0.2, 0.25) is 5.91 Å². The van der Waals surface area contributed by atoms with E-state index in [4.69, 9.17) is 5.73 Å². The third kappa shape index (κ3) is 2.18. The van der Waals surface area contributed by atoms with Gasteiger partial charge in [-0.2, -0.15) is 0 Å². The molecule has 2 unspecified atom stereocenters. The molecule has 0 aromatic heterocycles. The Bertz CT molecular complexity index is 188. The Morgan fingerprint density at radius 1 is 1.54 bits per heavy atom. The summed E-state index contributed by atoms with van der Waals surface area (Å²) in [6.45, 7) is 2.20. The molecule has 0 aromatic rings. The second-order valence-electron chi connectivity index (χ2n) is 3.39. The predicted octanol–water partition coefficient (Wildman–Crippen LogP) is -1.71. The van der Waals surface area contributed by atoms with Gasteiger partial charge in [0.05, 0.1) is 18.2 Å². The molecule has 0 aromatic carbocycles. The van der Waals surface area contributed by atoms with Crippen LogP contribution in [0.25, 0.3) is 0 Å². The summed E-state index contributed by atoms with van der Waals surface area (Å²) in [4.78, 5) is 12.9. The summed E-state index contributed by atoms with van der Waals surface area (Å²) in [5, 5.41) is 18.4. The van der Waals surface area contributed by atoms with Crippen LogP contribution in [0.1, 0.15) is 13.3 Å². The van der Waals surface area contributed by atoms with E-state index in [1.807, 2.05) is 6.92 Å². The van der Waals surface area contributed by atoms with Crippen LogP contribution >= 0.6 is 0 Å². The van der Waals surface area contributed by atoms with Crippen LogP contribution in [0, 0.1) is 0 Å². The number of likely N-dealkylation sites (tertiary alicyclic amines) is 1. The molecular weight excluding hydrogens is 172 g/mol. The predicted molar refractivity (Wildman–Crippen MR) is 46.9 cm³/mol. The van der Waals surface area contributed by atoms with E-state index in [1.54, 1.807) is 0 Å². The normalized spacial score (nSPS) is 30.6. The number of nitrogens with two attached hydrogens (primary N) is 1. The highest BCUT2D eigenvalue weighted by Crippen LogP contribution is 2.11. The average Bonchev–Trinajstić information content (AvgIpc) is 2.44. The Labute approximate surface area is 77.1 Å². The number of carbonyl (C=O) groups excluding carboxylic acids is 1. The van der Waals surface area contributed by atoms with E-state index in [2.05, 4.69) is 0 Å². The molecule has 0 bridgehead atoms. The minimum atomic E-state index is -0.826. The van der Waals surface area contributed by atoms with Crippen molar-refractivity contribution in [2.75, 3.05) is 13.1 Å². The molecule has 1 saturated heterocycles. The lowest BCUT2D eigenvalue weighted by atomic mass is 10.2. The molecule has 0 aliphatic carbocycles. The fourth-order valence-corrected chi connectivity index (χ4v) is 1.36. The smallest absolute Gasteiger partial charge is 0.239 e. The first-order valence-electron chi connectivity index (χ1n) is 4.46. The molecule has 1 rings (SSSR count). The molecule has 1 fully saturated rings. The number of hydrogen-bond acceptors (Lipinski definition) is 4. The van der Waals surface area contributed by atoms with Gasteiger partial charge in [0, 0.05) is 13.1 Å². The van der Waals surface area contributed by atoms with Crippen molar-refractivity contribution in [2.45, 2.75) is 31.6 Å². The van der Waals surface area contributed by atoms with Crippen molar-refractivity contribution in [3.63, 3.8) is 0 Å². The number of nitrogens with zero attached hydrogens (tertiary/aromatic N) is 1. The number of β-amino-alcohol motifs (C(OH)–C–C–N with tert-alkyl or cyclic N) is 2. The van der Waals surface area contributed by atoms with E-state index in [-0.39, 0.29) is 19.0 Å². The topological polar surface area (TPSA) is 86.8 Å². The van der Waals surface area contributed by atoms with Gasteiger partial charge < -0.3 is 20.8 Å². The lowest BCUT2D eigenvalue weighted by Crippen LogP contribution is -2.42. The lowest BCUT2D eigenvalue weighted by Gasteiger charge is -2.18. The van der Waals surface area contributed by atoms with E-state index < -0.39 is 18.2 Å². The number of aliphatic hydroxyl groups is 2. The zero-order valence-corrected chi connectivity index (χ0v) is 7.68. The van der Waals surface area contributed by atoms with Gasteiger partial charge in [-0.15, -0.1) is 0 Å². The van der Waals surface area contributed by atoms with Gasteiger partial charge in [-0.3, -0.25) is 4.79 Å². The highest BCUT2D eigenvalue weighted by atomic mass is 16.3. The van der Waals surface area contributed by atoms with Gasteiger partial charge in [0.25, 0.3) is 0 Å². The second kappa shape index (κ2) is 4.04. The fraction of sp³-hybridized carbons (Fsp3) is 0.875. The van der Waals surface area contributed by atoms with Gasteiger partial charge >= 0.3 is 0 Å². The summed E-state index contributed by atoms with van der Waals surface area (Å²) in [6, 6.07) is -0.516. The Morgan fingerprint density at radius 3 is 2.38 bits per heavy atom. The maximum absolute atomic E-state index is 11.4. The molecule has 76 valence electrons. The van der Waals surface area contributed by atoms with E-state index in [0.29, 0.717) is 6.42 Å². The monoisotopic (exact) mass is 188 g/mol. The SMILES string of the molecule is CC[C@@H](N)C(=O)N1CC(O)C(O)C1. The number of hydrogen-bond donors (Lipinski definition) is 3. The zero-order valence-electron chi connectivity index (χ0n) is 7.68. The summed E-state index contributed by atoms with van der Waals surface area (Å²) in [6.07, 6.45) is -1.08.